The van der Waals surface area contributed by atoms with Crippen LogP contribution >= 0.6 is 0 Å². The third-order valence-corrected chi connectivity index (χ3v) is 4.65. The summed E-state index contributed by atoms with van der Waals surface area (Å²) < 4.78 is 24.2. The minimum absolute atomic E-state index is 0.0431. The summed E-state index contributed by atoms with van der Waals surface area (Å²) in [5.41, 5.74) is 1.78. The first-order valence-corrected chi connectivity index (χ1v) is 7.75. The molecule has 6 heteroatoms. The van der Waals surface area contributed by atoms with Gasteiger partial charge in [-0.05, 0) is 18.1 Å². The molecule has 0 atom stereocenters. The van der Waals surface area contributed by atoms with Gasteiger partial charge in [0.15, 0.2) is 0 Å². The summed E-state index contributed by atoms with van der Waals surface area (Å²) in [5, 5.41) is 2.75. The highest BCUT2D eigenvalue weighted by Gasteiger charge is 2.16. The average Bonchev–Trinajstić information content (AvgIpc) is 2.37. The Kier molecular flexibility index (Phi) is 5.50. The number of anilines is 1. The van der Waals surface area contributed by atoms with E-state index in [0.29, 0.717) is 0 Å². The molecular weight excluding hydrogens is 264 g/mol. The first-order valence-electron chi connectivity index (χ1n) is 6.14. The SMILES string of the molecule is CCc1ccccc1NC(=O)CCS(=O)(=O)N(C)C. The molecule has 0 saturated heterocycles. The summed E-state index contributed by atoms with van der Waals surface area (Å²) in [5.74, 6) is -0.466. The second-order valence-corrected chi connectivity index (χ2v) is 6.71. The average molecular weight is 284 g/mol. The molecule has 1 amide bonds. The predicted octanol–water partition coefficient (Wildman–Crippen LogP) is 1.47. The number of sulfonamides is 1. The molecule has 0 fully saturated rings. The number of nitrogens with one attached hydrogen (secondary N) is 1. The number of nitrogens with zero attached hydrogens (tertiary/aromatic N) is 1. The quantitative estimate of drug-likeness (QED) is 0.860. The van der Waals surface area contributed by atoms with Crippen LogP contribution < -0.4 is 5.32 Å². The van der Waals surface area contributed by atoms with Crippen molar-refractivity contribution in [1.29, 1.82) is 0 Å². The van der Waals surface area contributed by atoms with Crippen molar-refractivity contribution in [2.75, 3.05) is 25.2 Å². The van der Waals surface area contributed by atoms with Gasteiger partial charge in [0.2, 0.25) is 15.9 Å². The summed E-state index contributed by atoms with van der Waals surface area (Å²) in [7, 11) is -0.413. The summed E-state index contributed by atoms with van der Waals surface area (Å²) in [4.78, 5) is 11.8. The maximum absolute atomic E-state index is 11.8. The van der Waals surface area contributed by atoms with Gasteiger partial charge in [-0.3, -0.25) is 4.79 Å². The van der Waals surface area contributed by atoms with Gasteiger partial charge in [-0.25, -0.2) is 12.7 Å². The molecule has 0 aliphatic carbocycles. The number of hydrogen-bond donors (Lipinski definition) is 1. The van der Waals surface area contributed by atoms with Crippen molar-refractivity contribution in [1.82, 2.24) is 4.31 Å². The number of hydrogen-bond acceptors (Lipinski definition) is 3. The van der Waals surface area contributed by atoms with Gasteiger partial charge in [0, 0.05) is 26.2 Å². The van der Waals surface area contributed by atoms with Crippen molar-refractivity contribution in [3.8, 4) is 0 Å². The lowest BCUT2D eigenvalue weighted by Crippen LogP contribution is -2.27. The monoisotopic (exact) mass is 284 g/mol. The second kappa shape index (κ2) is 6.68. The van der Waals surface area contributed by atoms with Crippen LogP contribution in [0.4, 0.5) is 5.69 Å². The van der Waals surface area contributed by atoms with E-state index in [-0.39, 0.29) is 18.1 Å². The third kappa shape index (κ3) is 4.65. The number of carbonyl (C=O) groups is 1. The van der Waals surface area contributed by atoms with Crippen LogP contribution in [0, 0.1) is 0 Å². The predicted molar refractivity (Wildman–Crippen MR) is 76.5 cm³/mol. The normalized spacial score (nSPS) is 11.6. The Balaban J connectivity index is 2.62. The highest BCUT2D eigenvalue weighted by Crippen LogP contribution is 2.15. The van der Waals surface area contributed by atoms with E-state index in [1.54, 1.807) is 0 Å². The summed E-state index contributed by atoms with van der Waals surface area (Å²) in [6, 6.07) is 7.50. The lowest BCUT2D eigenvalue weighted by molar-refractivity contribution is -0.115. The number of para-hydroxylation sites is 1. The van der Waals surface area contributed by atoms with Crippen LogP contribution in [0.25, 0.3) is 0 Å². The van der Waals surface area contributed by atoms with E-state index in [1.165, 1.54) is 14.1 Å². The zero-order chi connectivity index (χ0) is 14.5. The fourth-order valence-corrected chi connectivity index (χ4v) is 2.38. The van der Waals surface area contributed by atoms with Crippen molar-refractivity contribution in [2.24, 2.45) is 0 Å². The van der Waals surface area contributed by atoms with Crippen LogP contribution in [0.1, 0.15) is 18.9 Å². The van der Waals surface area contributed by atoms with Crippen LogP contribution in [0.5, 0.6) is 0 Å². The molecule has 0 radical (unpaired) electrons. The molecule has 1 N–H and O–H groups in total. The van der Waals surface area contributed by atoms with Crippen LogP contribution in [-0.2, 0) is 21.2 Å². The van der Waals surface area contributed by atoms with E-state index in [1.807, 2.05) is 31.2 Å². The number of rotatable bonds is 6. The number of carbonyl (C=O) groups excluding carboxylic acids is 1. The van der Waals surface area contributed by atoms with Gasteiger partial charge in [-0.1, -0.05) is 25.1 Å². The van der Waals surface area contributed by atoms with E-state index in [4.69, 9.17) is 0 Å². The Morgan fingerprint density at radius 1 is 1.26 bits per heavy atom. The standard InChI is InChI=1S/C13H20N2O3S/c1-4-11-7-5-6-8-12(11)14-13(16)9-10-19(17,18)15(2)3/h5-8H,4,9-10H2,1-3H3,(H,14,16). The Bertz CT molecular complexity index is 539. The maximum Gasteiger partial charge on any atom is 0.225 e. The number of amides is 1. The van der Waals surface area contributed by atoms with Gasteiger partial charge < -0.3 is 5.32 Å². The first kappa shape index (κ1) is 15.7. The van der Waals surface area contributed by atoms with Crippen molar-refractivity contribution in [3.05, 3.63) is 29.8 Å². The molecule has 0 saturated carbocycles. The molecule has 0 spiro atoms. The molecule has 0 heterocycles. The van der Waals surface area contributed by atoms with Crippen molar-refractivity contribution in [2.45, 2.75) is 19.8 Å². The summed E-state index contributed by atoms with van der Waals surface area (Å²) >= 11 is 0. The fraction of sp³-hybridized carbons (Fsp3) is 0.462. The molecule has 106 valence electrons. The fourth-order valence-electron chi connectivity index (χ4n) is 1.57. The highest BCUT2D eigenvalue weighted by molar-refractivity contribution is 7.89. The molecular formula is C13H20N2O3S. The number of benzene rings is 1. The largest absolute Gasteiger partial charge is 0.326 e. The number of aryl methyl sites for hydroxylation is 1. The Labute approximate surface area is 114 Å². The highest BCUT2D eigenvalue weighted by atomic mass is 32.2. The lowest BCUT2D eigenvalue weighted by atomic mass is 10.1. The summed E-state index contributed by atoms with van der Waals surface area (Å²) in [6.07, 6.45) is 0.769. The molecule has 5 nitrogen and oxygen atoms in total. The molecule has 19 heavy (non-hydrogen) atoms. The smallest absolute Gasteiger partial charge is 0.225 e. The first-order chi connectivity index (χ1) is 8.86. The van der Waals surface area contributed by atoms with Crippen LogP contribution in [0.3, 0.4) is 0 Å². The van der Waals surface area contributed by atoms with E-state index >= 15 is 0 Å². The minimum atomic E-state index is -3.33. The van der Waals surface area contributed by atoms with Crippen molar-refractivity contribution < 1.29 is 13.2 Å². The van der Waals surface area contributed by atoms with Gasteiger partial charge in [-0.2, -0.15) is 0 Å². The Morgan fingerprint density at radius 3 is 2.47 bits per heavy atom. The lowest BCUT2D eigenvalue weighted by Gasteiger charge is -2.12. The molecule has 0 unspecified atom stereocenters. The van der Waals surface area contributed by atoms with Crippen LogP contribution in [0.2, 0.25) is 0 Å². The molecule has 0 aliphatic rings. The molecule has 1 aromatic carbocycles. The topological polar surface area (TPSA) is 66.5 Å². The van der Waals surface area contributed by atoms with Gasteiger partial charge >= 0.3 is 0 Å². The van der Waals surface area contributed by atoms with Crippen LogP contribution in [0.15, 0.2) is 24.3 Å². The minimum Gasteiger partial charge on any atom is -0.326 e. The van der Waals surface area contributed by atoms with Crippen LogP contribution in [-0.4, -0.2) is 38.5 Å². The zero-order valence-electron chi connectivity index (χ0n) is 11.5. The van der Waals surface area contributed by atoms with E-state index in [0.717, 1.165) is 22.0 Å². The van der Waals surface area contributed by atoms with E-state index in [2.05, 4.69) is 5.32 Å². The second-order valence-electron chi connectivity index (χ2n) is 4.41. The van der Waals surface area contributed by atoms with Gasteiger partial charge in [0.05, 0.1) is 5.75 Å². The van der Waals surface area contributed by atoms with E-state index < -0.39 is 10.0 Å². The van der Waals surface area contributed by atoms with Gasteiger partial charge in [0.25, 0.3) is 0 Å². The third-order valence-electron chi connectivity index (χ3n) is 2.82. The molecule has 1 rings (SSSR count). The Hall–Kier alpha value is -1.40. The van der Waals surface area contributed by atoms with Crippen molar-refractivity contribution in [3.63, 3.8) is 0 Å². The molecule has 0 aromatic heterocycles. The van der Waals surface area contributed by atoms with Crippen molar-refractivity contribution >= 4 is 21.6 Å². The zero-order valence-corrected chi connectivity index (χ0v) is 12.3. The molecule has 0 bridgehead atoms. The maximum atomic E-state index is 11.8. The van der Waals surface area contributed by atoms with E-state index in [9.17, 15) is 13.2 Å². The molecule has 0 aliphatic heterocycles. The Morgan fingerprint density at radius 2 is 1.89 bits per heavy atom. The molecule has 1 aromatic rings. The van der Waals surface area contributed by atoms with Gasteiger partial charge in [0.1, 0.15) is 0 Å². The van der Waals surface area contributed by atoms with Gasteiger partial charge in [-0.15, -0.1) is 0 Å². The summed E-state index contributed by atoms with van der Waals surface area (Å²) in [6.45, 7) is 2.00.